The van der Waals surface area contributed by atoms with Gasteiger partial charge in [0, 0.05) is 44.7 Å². The average molecular weight is 382 g/mol. The number of hydrogen-bond acceptors (Lipinski definition) is 4. The van der Waals surface area contributed by atoms with Gasteiger partial charge in [-0.15, -0.1) is 10.2 Å². The minimum absolute atomic E-state index is 0.403. The van der Waals surface area contributed by atoms with Crippen LogP contribution in [-0.4, -0.2) is 50.8 Å². The van der Waals surface area contributed by atoms with Crippen LogP contribution in [0, 0.1) is 0 Å². The molecule has 7 heteroatoms. The van der Waals surface area contributed by atoms with Crippen molar-refractivity contribution < 1.29 is 0 Å². The highest BCUT2D eigenvalue weighted by Crippen LogP contribution is 2.20. The lowest BCUT2D eigenvalue weighted by Crippen LogP contribution is -2.44. The minimum Gasteiger partial charge on any atom is -0.357 e. The van der Waals surface area contributed by atoms with Crippen LogP contribution in [-0.2, 0) is 26.1 Å². The first-order chi connectivity index (χ1) is 13.7. The third kappa shape index (κ3) is 4.35. The van der Waals surface area contributed by atoms with Crippen LogP contribution in [0.3, 0.4) is 0 Å². The third-order valence-corrected chi connectivity index (χ3v) is 5.68. The molecule has 150 valence electrons. The van der Waals surface area contributed by atoms with E-state index in [4.69, 9.17) is 4.99 Å². The molecule has 1 aromatic carbocycles. The van der Waals surface area contributed by atoms with Crippen molar-refractivity contribution in [1.82, 2.24) is 30.3 Å². The monoisotopic (exact) mass is 381 g/mol. The quantitative estimate of drug-likeness (QED) is 0.591. The van der Waals surface area contributed by atoms with E-state index in [1.807, 2.05) is 0 Å². The van der Waals surface area contributed by atoms with Crippen LogP contribution in [0.5, 0.6) is 0 Å². The summed E-state index contributed by atoms with van der Waals surface area (Å²) in [6.45, 7) is 8.88. The minimum atomic E-state index is 0.403. The van der Waals surface area contributed by atoms with Crippen molar-refractivity contribution in [1.29, 1.82) is 0 Å². The lowest BCUT2D eigenvalue weighted by atomic mass is 10.2. The highest BCUT2D eigenvalue weighted by molar-refractivity contribution is 5.80. The maximum atomic E-state index is 4.78. The zero-order chi connectivity index (χ0) is 19.3. The van der Waals surface area contributed by atoms with Gasteiger partial charge in [0.1, 0.15) is 12.4 Å². The molecule has 7 nitrogen and oxygen atoms in total. The molecule has 28 heavy (non-hydrogen) atoms. The Bertz CT molecular complexity index is 798. The topological polar surface area (TPSA) is 70.4 Å². The van der Waals surface area contributed by atoms with Gasteiger partial charge in [-0.2, -0.15) is 0 Å². The molecule has 1 aromatic heterocycles. The first kappa shape index (κ1) is 18.9. The molecule has 2 aliphatic rings. The second kappa shape index (κ2) is 8.73. The van der Waals surface area contributed by atoms with Crippen LogP contribution in [0.4, 0.5) is 0 Å². The molecule has 2 atom stereocenters. The fraction of sp³-hybridized carbons (Fsp3) is 0.571. The number of nitrogens with one attached hydrogen (secondary N) is 2. The van der Waals surface area contributed by atoms with Crippen LogP contribution >= 0.6 is 0 Å². The Kier molecular flexibility index (Phi) is 5.90. The third-order valence-electron chi connectivity index (χ3n) is 5.68. The van der Waals surface area contributed by atoms with Gasteiger partial charge >= 0.3 is 0 Å². The number of guanidine groups is 1. The molecule has 2 unspecified atom stereocenters. The van der Waals surface area contributed by atoms with Crippen molar-refractivity contribution >= 4 is 5.96 Å². The van der Waals surface area contributed by atoms with Gasteiger partial charge in [0.05, 0.1) is 0 Å². The number of nitrogens with zero attached hydrogens (tertiary/aromatic N) is 5. The lowest BCUT2D eigenvalue weighted by Gasteiger charge is -2.21. The van der Waals surface area contributed by atoms with Crippen LogP contribution in [0.15, 0.2) is 35.3 Å². The summed E-state index contributed by atoms with van der Waals surface area (Å²) < 4.78 is 2.21. The highest BCUT2D eigenvalue weighted by atomic mass is 15.3. The fourth-order valence-electron chi connectivity index (χ4n) is 4.23. The summed E-state index contributed by atoms with van der Waals surface area (Å²) in [6, 6.07) is 11.7. The predicted octanol–water partition coefficient (Wildman–Crippen LogP) is 1.94. The molecule has 2 aromatic rings. The van der Waals surface area contributed by atoms with Crippen LogP contribution < -0.4 is 10.6 Å². The van der Waals surface area contributed by atoms with E-state index in [2.05, 4.69) is 74.5 Å². The molecular formula is C21H31N7. The maximum Gasteiger partial charge on any atom is 0.191 e. The van der Waals surface area contributed by atoms with E-state index in [0.717, 1.165) is 63.0 Å². The van der Waals surface area contributed by atoms with Gasteiger partial charge < -0.3 is 15.2 Å². The Labute approximate surface area is 167 Å². The number of fused-ring (bicyclic) bond motifs is 1. The van der Waals surface area contributed by atoms with Gasteiger partial charge in [-0.25, -0.2) is 4.99 Å². The van der Waals surface area contributed by atoms with Gasteiger partial charge in [-0.05, 0) is 32.3 Å². The molecular weight excluding hydrogens is 350 g/mol. The number of likely N-dealkylation sites (tertiary alicyclic amines) is 1. The van der Waals surface area contributed by atoms with Gasteiger partial charge in [0.2, 0.25) is 0 Å². The highest BCUT2D eigenvalue weighted by Gasteiger charge is 2.29. The normalized spacial score (nSPS) is 22.4. The molecule has 1 saturated heterocycles. The second-order valence-corrected chi connectivity index (χ2v) is 7.82. The van der Waals surface area contributed by atoms with Gasteiger partial charge in [0.25, 0.3) is 0 Å². The summed E-state index contributed by atoms with van der Waals surface area (Å²) in [5, 5.41) is 15.6. The van der Waals surface area contributed by atoms with Crippen molar-refractivity contribution in [2.24, 2.45) is 4.99 Å². The maximum absolute atomic E-state index is 4.78. The average Bonchev–Trinajstić information content (AvgIpc) is 3.38. The molecule has 0 spiro atoms. The summed E-state index contributed by atoms with van der Waals surface area (Å²) in [5.41, 5.74) is 1.37. The molecule has 1 fully saturated rings. The molecule has 0 saturated carbocycles. The molecule has 0 bridgehead atoms. The number of aliphatic imine (C=N–C) groups is 1. The van der Waals surface area contributed by atoms with Crippen molar-refractivity contribution in [2.75, 3.05) is 13.1 Å². The Morgan fingerprint density at radius 3 is 2.93 bits per heavy atom. The van der Waals surface area contributed by atoms with E-state index in [9.17, 15) is 0 Å². The van der Waals surface area contributed by atoms with Gasteiger partial charge in [-0.3, -0.25) is 4.90 Å². The molecule has 2 aliphatic heterocycles. The lowest BCUT2D eigenvalue weighted by molar-refractivity contribution is 0.258. The largest absolute Gasteiger partial charge is 0.357 e. The summed E-state index contributed by atoms with van der Waals surface area (Å²) >= 11 is 0. The molecule has 4 rings (SSSR count). The Balaban J connectivity index is 1.36. The van der Waals surface area contributed by atoms with Crippen LogP contribution in [0.1, 0.15) is 43.9 Å². The smallest absolute Gasteiger partial charge is 0.191 e. The predicted molar refractivity (Wildman–Crippen MR) is 111 cm³/mol. The zero-order valence-electron chi connectivity index (χ0n) is 16.9. The fourth-order valence-corrected chi connectivity index (χ4v) is 4.23. The number of rotatable bonds is 6. The number of aromatic nitrogens is 3. The standard InChI is InChI=1S/C21H31N7/c1-3-22-21(23-13-20-26-25-19-10-7-11-28(19)20)24-18-12-16(2)27(15-18)14-17-8-5-4-6-9-17/h4-6,8-9,16,18H,3,7,10-15H2,1-2H3,(H2,22,23,24). The van der Waals surface area contributed by atoms with E-state index < -0.39 is 0 Å². The summed E-state index contributed by atoms with van der Waals surface area (Å²) in [5.74, 6) is 2.94. The summed E-state index contributed by atoms with van der Waals surface area (Å²) in [6.07, 6.45) is 3.32. The van der Waals surface area contributed by atoms with Crippen LogP contribution in [0.25, 0.3) is 0 Å². The SMILES string of the molecule is CCNC(=NCc1nnc2n1CCC2)NC1CC(C)N(Cc2ccccc2)C1. The molecule has 0 radical (unpaired) electrons. The van der Waals surface area contributed by atoms with E-state index in [1.54, 1.807) is 0 Å². The summed E-state index contributed by atoms with van der Waals surface area (Å²) in [4.78, 5) is 7.33. The van der Waals surface area contributed by atoms with E-state index in [-0.39, 0.29) is 0 Å². The Morgan fingerprint density at radius 1 is 1.25 bits per heavy atom. The van der Waals surface area contributed by atoms with Gasteiger partial charge in [0.15, 0.2) is 11.8 Å². The van der Waals surface area contributed by atoms with Crippen LogP contribution in [0.2, 0.25) is 0 Å². The number of hydrogen-bond donors (Lipinski definition) is 2. The van der Waals surface area contributed by atoms with Crippen molar-refractivity contribution in [2.45, 2.75) is 64.8 Å². The van der Waals surface area contributed by atoms with E-state index in [0.29, 0.717) is 18.6 Å². The van der Waals surface area contributed by atoms with Crippen molar-refractivity contribution in [3.8, 4) is 0 Å². The number of benzene rings is 1. The van der Waals surface area contributed by atoms with Crippen molar-refractivity contribution in [3.05, 3.63) is 47.5 Å². The molecule has 0 amide bonds. The number of aryl methyl sites for hydroxylation is 1. The van der Waals surface area contributed by atoms with Crippen molar-refractivity contribution in [3.63, 3.8) is 0 Å². The Morgan fingerprint density at radius 2 is 2.11 bits per heavy atom. The van der Waals surface area contributed by atoms with Gasteiger partial charge in [-0.1, -0.05) is 30.3 Å². The molecule has 0 aliphatic carbocycles. The van der Waals surface area contributed by atoms with E-state index >= 15 is 0 Å². The first-order valence-electron chi connectivity index (χ1n) is 10.5. The first-order valence-corrected chi connectivity index (χ1v) is 10.5. The zero-order valence-corrected chi connectivity index (χ0v) is 16.9. The molecule has 2 N–H and O–H groups in total. The second-order valence-electron chi connectivity index (χ2n) is 7.82. The Hall–Kier alpha value is -2.41. The van der Waals surface area contributed by atoms with E-state index in [1.165, 1.54) is 5.56 Å². The molecule has 3 heterocycles. The summed E-state index contributed by atoms with van der Waals surface area (Å²) in [7, 11) is 0.